The van der Waals surface area contributed by atoms with Crippen LogP contribution in [0, 0.1) is 11.3 Å². The summed E-state index contributed by atoms with van der Waals surface area (Å²) in [5.41, 5.74) is 2.55. The third-order valence-corrected chi connectivity index (χ3v) is 2.47. The third-order valence-electron chi connectivity index (χ3n) is 2.47. The van der Waals surface area contributed by atoms with E-state index in [0.29, 0.717) is 5.56 Å². The van der Waals surface area contributed by atoms with Crippen molar-refractivity contribution in [3.63, 3.8) is 0 Å². The highest BCUT2D eigenvalue weighted by atomic mass is 15.0. The second-order valence-corrected chi connectivity index (χ2v) is 4.66. The van der Waals surface area contributed by atoms with Crippen LogP contribution in [0.15, 0.2) is 24.7 Å². The number of hydrogen-bond acceptors (Lipinski definition) is 2. The molecule has 0 N–H and O–H groups in total. The van der Waals surface area contributed by atoms with Gasteiger partial charge in [0.05, 0.1) is 5.56 Å². The van der Waals surface area contributed by atoms with Crippen molar-refractivity contribution in [1.82, 2.24) is 9.38 Å². The van der Waals surface area contributed by atoms with E-state index in [1.54, 1.807) is 6.20 Å². The van der Waals surface area contributed by atoms with E-state index in [9.17, 15) is 0 Å². The van der Waals surface area contributed by atoms with E-state index in [0.717, 1.165) is 11.2 Å². The Morgan fingerprint density at radius 2 is 2.13 bits per heavy atom. The van der Waals surface area contributed by atoms with Gasteiger partial charge in [-0.1, -0.05) is 20.8 Å². The summed E-state index contributed by atoms with van der Waals surface area (Å²) in [5, 5.41) is 9.04. The molecule has 0 saturated heterocycles. The van der Waals surface area contributed by atoms with E-state index in [1.165, 1.54) is 0 Å². The number of fused-ring (bicyclic) bond motifs is 1. The zero-order valence-electron chi connectivity index (χ0n) is 9.15. The molecule has 3 nitrogen and oxygen atoms in total. The molecule has 0 bridgehead atoms. The first-order chi connectivity index (χ1) is 7.02. The maximum Gasteiger partial charge on any atom is 0.154 e. The molecule has 2 rings (SSSR count). The van der Waals surface area contributed by atoms with Crippen molar-refractivity contribution in [3.8, 4) is 6.07 Å². The van der Waals surface area contributed by atoms with Gasteiger partial charge in [0.2, 0.25) is 0 Å². The summed E-state index contributed by atoms with van der Waals surface area (Å²) in [6.45, 7) is 6.39. The predicted octanol–water partition coefficient (Wildman–Crippen LogP) is 2.50. The Labute approximate surface area is 89.0 Å². The molecule has 2 aromatic rings. The minimum absolute atomic E-state index is 0.0457. The third kappa shape index (κ3) is 1.59. The number of nitrogens with zero attached hydrogens (tertiary/aromatic N) is 3. The van der Waals surface area contributed by atoms with Crippen LogP contribution in [-0.4, -0.2) is 9.38 Å². The van der Waals surface area contributed by atoms with Gasteiger partial charge in [-0.15, -0.1) is 0 Å². The molecule has 0 radical (unpaired) electrons. The van der Waals surface area contributed by atoms with E-state index in [1.807, 2.05) is 22.9 Å². The van der Waals surface area contributed by atoms with Gasteiger partial charge in [-0.05, 0) is 17.0 Å². The van der Waals surface area contributed by atoms with Crippen molar-refractivity contribution < 1.29 is 0 Å². The van der Waals surface area contributed by atoms with Crippen molar-refractivity contribution in [3.05, 3.63) is 35.8 Å². The molecular weight excluding hydrogens is 186 g/mol. The van der Waals surface area contributed by atoms with Gasteiger partial charge in [-0.3, -0.25) is 0 Å². The molecule has 0 unspecified atom stereocenters. The normalized spacial score (nSPS) is 11.6. The second kappa shape index (κ2) is 3.09. The van der Waals surface area contributed by atoms with Gasteiger partial charge in [0.1, 0.15) is 6.07 Å². The minimum Gasteiger partial charge on any atom is -0.306 e. The van der Waals surface area contributed by atoms with Crippen LogP contribution in [0.25, 0.3) is 5.65 Å². The van der Waals surface area contributed by atoms with Crippen LogP contribution in [0.1, 0.15) is 31.9 Å². The summed E-state index contributed by atoms with van der Waals surface area (Å²) < 4.78 is 1.90. The maximum absolute atomic E-state index is 9.04. The first-order valence-corrected chi connectivity index (χ1v) is 4.89. The lowest BCUT2D eigenvalue weighted by molar-refractivity contribution is 0.586. The lowest BCUT2D eigenvalue weighted by Crippen LogP contribution is -2.12. The molecule has 0 spiro atoms. The van der Waals surface area contributed by atoms with Gasteiger partial charge in [0.15, 0.2) is 5.65 Å². The van der Waals surface area contributed by atoms with E-state index >= 15 is 0 Å². The van der Waals surface area contributed by atoms with Crippen molar-refractivity contribution in [2.45, 2.75) is 26.2 Å². The highest BCUT2D eigenvalue weighted by Crippen LogP contribution is 2.24. The molecule has 0 aromatic carbocycles. The first-order valence-electron chi connectivity index (χ1n) is 4.89. The van der Waals surface area contributed by atoms with Gasteiger partial charge in [-0.2, -0.15) is 5.26 Å². The van der Waals surface area contributed by atoms with Crippen molar-refractivity contribution >= 4 is 5.65 Å². The fourth-order valence-electron chi connectivity index (χ4n) is 1.53. The van der Waals surface area contributed by atoms with Crippen molar-refractivity contribution in [2.24, 2.45) is 0 Å². The summed E-state index contributed by atoms with van der Waals surface area (Å²) in [4.78, 5) is 4.15. The van der Waals surface area contributed by atoms with Crippen LogP contribution in [-0.2, 0) is 5.41 Å². The molecule has 0 atom stereocenters. The number of pyridine rings is 1. The van der Waals surface area contributed by atoms with E-state index in [2.05, 4.69) is 31.8 Å². The number of imidazole rings is 1. The molecule has 0 aliphatic heterocycles. The summed E-state index contributed by atoms with van der Waals surface area (Å²) in [6.07, 6.45) is 5.61. The summed E-state index contributed by atoms with van der Waals surface area (Å²) in [7, 11) is 0. The first kappa shape index (κ1) is 9.72. The fraction of sp³-hybridized carbons (Fsp3) is 0.333. The lowest BCUT2D eigenvalue weighted by Gasteiger charge is -2.19. The SMILES string of the molecule is CC(C)(C)c1cc(C#N)c2nccn2c1. The van der Waals surface area contributed by atoms with Crippen LogP contribution >= 0.6 is 0 Å². The molecule has 0 fully saturated rings. The van der Waals surface area contributed by atoms with Gasteiger partial charge in [-0.25, -0.2) is 4.98 Å². The Morgan fingerprint density at radius 3 is 2.73 bits per heavy atom. The zero-order valence-corrected chi connectivity index (χ0v) is 9.15. The predicted molar refractivity (Wildman–Crippen MR) is 58.6 cm³/mol. The molecule has 2 aromatic heterocycles. The van der Waals surface area contributed by atoms with Gasteiger partial charge < -0.3 is 4.40 Å². The molecule has 0 aliphatic rings. The average molecular weight is 199 g/mol. The van der Waals surface area contributed by atoms with Crippen LogP contribution in [0.4, 0.5) is 0 Å². The number of nitriles is 1. The molecular formula is C12H13N3. The summed E-state index contributed by atoms with van der Waals surface area (Å²) in [5.74, 6) is 0. The Morgan fingerprint density at radius 1 is 1.40 bits per heavy atom. The molecule has 76 valence electrons. The fourth-order valence-corrected chi connectivity index (χ4v) is 1.53. The molecule has 0 amide bonds. The van der Waals surface area contributed by atoms with Gasteiger partial charge >= 0.3 is 0 Å². The quantitative estimate of drug-likeness (QED) is 0.654. The van der Waals surface area contributed by atoms with Crippen molar-refractivity contribution in [1.29, 1.82) is 5.26 Å². The molecule has 0 aliphatic carbocycles. The maximum atomic E-state index is 9.04. The largest absolute Gasteiger partial charge is 0.306 e. The number of rotatable bonds is 0. The Bertz CT molecular complexity index is 538. The highest BCUT2D eigenvalue weighted by molar-refractivity contribution is 5.56. The summed E-state index contributed by atoms with van der Waals surface area (Å²) >= 11 is 0. The smallest absolute Gasteiger partial charge is 0.154 e. The van der Waals surface area contributed by atoms with Crippen LogP contribution < -0.4 is 0 Å². The van der Waals surface area contributed by atoms with Crippen molar-refractivity contribution in [2.75, 3.05) is 0 Å². The summed E-state index contributed by atoms with van der Waals surface area (Å²) in [6, 6.07) is 4.10. The molecule has 0 saturated carbocycles. The topological polar surface area (TPSA) is 41.1 Å². The standard InChI is InChI=1S/C12H13N3/c1-12(2,3)10-6-9(7-13)11-14-4-5-15(11)8-10/h4-6,8H,1-3H3. The Hall–Kier alpha value is -1.82. The molecule has 2 heterocycles. The zero-order chi connectivity index (χ0) is 11.1. The van der Waals surface area contributed by atoms with Gasteiger partial charge in [0, 0.05) is 18.6 Å². The monoisotopic (exact) mass is 199 g/mol. The minimum atomic E-state index is 0.0457. The highest BCUT2D eigenvalue weighted by Gasteiger charge is 2.16. The second-order valence-electron chi connectivity index (χ2n) is 4.66. The van der Waals surface area contributed by atoms with Crippen LogP contribution in [0.3, 0.4) is 0 Å². The van der Waals surface area contributed by atoms with E-state index in [-0.39, 0.29) is 5.41 Å². The molecule has 15 heavy (non-hydrogen) atoms. The number of hydrogen-bond donors (Lipinski definition) is 0. The number of aromatic nitrogens is 2. The van der Waals surface area contributed by atoms with Crippen LogP contribution in [0.5, 0.6) is 0 Å². The van der Waals surface area contributed by atoms with E-state index in [4.69, 9.17) is 5.26 Å². The van der Waals surface area contributed by atoms with Crippen LogP contribution in [0.2, 0.25) is 0 Å². The van der Waals surface area contributed by atoms with E-state index < -0.39 is 0 Å². The Kier molecular flexibility index (Phi) is 2.01. The molecule has 3 heteroatoms. The Balaban J connectivity index is 2.76. The lowest BCUT2D eigenvalue weighted by atomic mass is 9.87. The average Bonchev–Trinajstić information content (AvgIpc) is 2.62. The van der Waals surface area contributed by atoms with Gasteiger partial charge in [0.25, 0.3) is 0 Å².